The van der Waals surface area contributed by atoms with Gasteiger partial charge in [-0.25, -0.2) is 9.18 Å². The number of piperazine rings is 1. The fourth-order valence-corrected chi connectivity index (χ4v) is 4.57. The second-order valence-corrected chi connectivity index (χ2v) is 8.08. The molecule has 1 aliphatic rings. The van der Waals surface area contributed by atoms with Gasteiger partial charge in [0.1, 0.15) is 22.7 Å². The number of alkyl halides is 3. The molecule has 2 heterocycles. The van der Waals surface area contributed by atoms with Crippen molar-refractivity contribution in [3.8, 4) is 5.75 Å². The van der Waals surface area contributed by atoms with E-state index in [1.165, 1.54) is 18.9 Å². The van der Waals surface area contributed by atoms with Gasteiger partial charge < -0.3 is 24.2 Å². The standard InChI is InChI=1S/C24H23F4N3O4/c1-3-29-13-15(23(33)34)22(32)14-12-16(25)21(19(20(14)29)24(26,27)28)31-10-8-30(9-11-31)17-6-4-5-7-18(17)35-2/h4-7,12-13H,3,8-11H2,1-2H3,(H,33,34). The Kier molecular flexibility index (Phi) is 6.35. The van der Waals surface area contributed by atoms with Crippen LogP contribution in [0.25, 0.3) is 10.9 Å². The smallest absolute Gasteiger partial charge is 0.420 e. The minimum Gasteiger partial charge on any atom is -0.495 e. The molecule has 1 saturated heterocycles. The molecule has 2 aromatic carbocycles. The monoisotopic (exact) mass is 493 g/mol. The fraction of sp³-hybridized carbons (Fsp3) is 0.333. The van der Waals surface area contributed by atoms with Crippen molar-refractivity contribution >= 4 is 28.2 Å². The number of aromatic nitrogens is 1. The number of ether oxygens (including phenoxy) is 1. The van der Waals surface area contributed by atoms with Crippen molar-refractivity contribution < 1.29 is 32.2 Å². The number of nitrogens with zero attached hydrogens (tertiary/aromatic N) is 3. The molecular weight excluding hydrogens is 470 g/mol. The molecule has 3 aromatic rings. The molecule has 0 aliphatic carbocycles. The zero-order chi connectivity index (χ0) is 25.5. The second-order valence-electron chi connectivity index (χ2n) is 8.08. The maximum atomic E-state index is 15.3. The zero-order valence-corrected chi connectivity index (χ0v) is 19.0. The summed E-state index contributed by atoms with van der Waals surface area (Å²) in [4.78, 5) is 27.4. The molecule has 186 valence electrons. The number of benzene rings is 2. The Labute approximate surface area is 197 Å². The molecular formula is C24H23F4N3O4. The summed E-state index contributed by atoms with van der Waals surface area (Å²) < 4.78 is 64.9. The van der Waals surface area contributed by atoms with E-state index >= 15 is 4.39 Å². The Morgan fingerprint density at radius 1 is 1.11 bits per heavy atom. The van der Waals surface area contributed by atoms with E-state index < -0.39 is 51.1 Å². The maximum absolute atomic E-state index is 15.3. The predicted molar refractivity (Wildman–Crippen MR) is 123 cm³/mol. The lowest BCUT2D eigenvalue weighted by Crippen LogP contribution is -2.47. The van der Waals surface area contributed by atoms with Crippen LogP contribution in [0.15, 0.2) is 41.3 Å². The third kappa shape index (κ3) is 4.26. The van der Waals surface area contributed by atoms with E-state index in [-0.39, 0.29) is 19.6 Å². The largest absolute Gasteiger partial charge is 0.495 e. The number of aromatic carboxylic acids is 1. The van der Waals surface area contributed by atoms with E-state index in [0.717, 1.165) is 16.5 Å². The van der Waals surface area contributed by atoms with Crippen molar-refractivity contribution in [1.82, 2.24) is 4.57 Å². The lowest BCUT2D eigenvalue weighted by molar-refractivity contribution is -0.136. The molecule has 1 aliphatic heterocycles. The van der Waals surface area contributed by atoms with Crippen molar-refractivity contribution in [3.05, 3.63) is 63.7 Å². The summed E-state index contributed by atoms with van der Waals surface area (Å²) in [6.45, 7) is 2.28. The quantitative estimate of drug-likeness (QED) is 0.537. The molecule has 1 N–H and O–H groups in total. The van der Waals surface area contributed by atoms with Crippen LogP contribution in [0, 0.1) is 5.82 Å². The van der Waals surface area contributed by atoms with Gasteiger partial charge in [0.05, 0.1) is 29.4 Å². The highest BCUT2D eigenvalue weighted by Crippen LogP contribution is 2.43. The molecule has 7 nitrogen and oxygen atoms in total. The third-order valence-corrected chi connectivity index (χ3v) is 6.16. The highest BCUT2D eigenvalue weighted by atomic mass is 19.4. The summed E-state index contributed by atoms with van der Waals surface area (Å²) in [7, 11) is 1.53. The van der Waals surface area contributed by atoms with Crippen LogP contribution in [0.5, 0.6) is 5.75 Å². The zero-order valence-electron chi connectivity index (χ0n) is 19.0. The number of para-hydroxylation sites is 2. The first-order valence-electron chi connectivity index (χ1n) is 10.9. The number of carbonyl (C=O) groups is 1. The topological polar surface area (TPSA) is 75.0 Å². The van der Waals surface area contributed by atoms with Gasteiger partial charge in [-0.1, -0.05) is 12.1 Å². The van der Waals surface area contributed by atoms with Crippen LogP contribution >= 0.6 is 0 Å². The van der Waals surface area contributed by atoms with Crippen LogP contribution in [0.2, 0.25) is 0 Å². The number of carboxylic acid groups (broad SMARTS) is 1. The maximum Gasteiger partial charge on any atom is 0.420 e. The van der Waals surface area contributed by atoms with Crippen molar-refractivity contribution in [3.63, 3.8) is 0 Å². The average Bonchev–Trinajstić information content (AvgIpc) is 2.83. The molecule has 0 saturated carbocycles. The Bertz CT molecular complexity index is 1350. The van der Waals surface area contributed by atoms with Crippen LogP contribution in [0.1, 0.15) is 22.8 Å². The SMILES string of the molecule is CCn1cc(C(=O)O)c(=O)c2cc(F)c(N3CCN(c4ccccc4OC)CC3)c(C(F)(F)F)c21. The Balaban J connectivity index is 1.84. The first-order valence-corrected chi connectivity index (χ1v) is 10.9. The van der Waals surface area contributed by atoms with E-state index in [2.05, 4.69) is 0 Å². The fourth-order valence-electron chi connectivity index (χ4n) is 4.57. The minimum absolute atomic E-state index is 0.0488. The number of fused-ring (bicyclic) bond motifs is 1. The van der Waals surface area contributed by atoms with Gasteiger partial charge in [0.2, 0.25) is 5.43 Å². The normalized spacial score (nSPS) is 14.5. The summed E-state index contributed by atoms with van der Waals surface area (Å²) in [6, 6.07) is 7.97. The first-order chi connectivity index (χ1) is 16.6. The van der Waals surface area contributed by atoms with Crippen molar-refractivity contribution in [2.75, 3.05) is 43.1 Å². The second kappa shape index (κ2) is 9.12. The summed E-state index contributed by atoms with van der Waals surface area (Å²) in [5.74, 6) is -2.20. The number of anilines is 2. The van der Waals surface area contributed by atoms with E-state index in [1.807, 2.05) is 23.1 Å². The van der Waals surface area contributed by atoms with Gasteiger partial charge in [0.25, 0.3) is 0 Å². The molecule has 1 fully saturated rings. The molecule has 0 spiro atoms. The van der Waals surface area contributed by atoms with Gasteiger partial charge in [-0.3, -0.25) is 4.79 Å². The Morgan fingerprint density at radius 2 is 1.74 bits per heavy atom. The summed E-state index contributed by atoms with van der Waals surface area (Å²) in [5, 5.41) is 8.69. The molecule has 0 radical (unpaired) electrons. The number of rotatable bonds is 5. The van der Waals surface area contributed by atoms with Gasteiger partial charge in [0.15, 0.2) is 0 Å². The van der Waals surface area contributed by atoms with E-state index in [4.69, 9.17) is 4.74 Å². The number of aryl methyl sites for hydroxylation is 1. The van der Waals surface area contributed by atoms with Gasteiger partial charge >= 0.3 is 12.1 Å². The molecule has 0 bridgehead atoms. The van der Waals surface area contributed by atoms with Crippen LogP contribution < -0.4 is 20.0 Å². The number of methoxy groups -OCH3 is 1. The molecule has 1 aromatic heterocycles. The van der Waals surface area contributed by atoms with Gasteiger partial charge in [-0.15, -0.1) is 0 Å². The van der Waals surface area contributed by atoms with Gasteiger partial charge in [-0.05, 0) is 25.1 Å². The first kappa shape index (κ1) is 24.4. The predicted octanol–water partition coefficient (Wildman–Crippen LogP) is 4.21. The summed E-state index contributed by atoms with van der Waals surface area (Å²) in [5.41, 5.74) is -3.55. The third-order valence-electron chi connectivity index (χ3n) is 6.16. The lowest BCUT2D eigenvalue weighted by Gasteiger charge is -2.39. The van der Waals surface area contributed by atoms with E-state index in [1.54, 1.807) is 6.07 Å². The molecule has 35 heavy (non-hydrogen) atoms. The Hall–Kier alpha value is -3.76. The number of hydrogen-bond acceptors (Lipinski definition) is 5. The lowest BCUT2D eigenvalue weighted by atomic mass is 10.0. The number of pyridine rings is 1. The van der Waals surface area contributed by atoms with Crippen molar-refractivity contribution in [2.24, 2.45) is 0 Å². The van der Waals surface area contributed by atoms with Gasteiger partial charge in [-0.2, -0.15) is 13.2 Å². The number of hydrogen-bond donors (Lipinski definition) is 1. The van der Waals surface area contributed by atoms with Crippen molar-refractivity contribution in [1.29, 1.82) is 0 Å². The highest BCUT2D eigenvalue weighted by molar-refractivity contribution is 5.95. The summed E-state index contributed by atoms with van der Waals surface area (Å²) in [6.07, 6.45) is -4.12. The van der Waals surface area contributed by atoms with E-state index in [0.29, 0.717) is 24.9 Å². The Morgan fingerprint density at radius 3 is 2.31 bits per heavy atom. The van der Waals surface area contributed by atoms with Crippen LogP contribution in [0.4, 0.5) is 28.9 Å². The van der Waals surface area contributed by atoms with Crippen LogP contribution in [0.3, 0.4) is 0 Å². The van der Waals surface area contributed by atoms with Crippen LogP contribution in [-0.4, -0.2) is 48.9 Å². The molecule has 0 atom stereocenters. The molecule has 4 rings (SSSR count). The molecule has 11 heteroatoms. The van der Waals surface area contributed by atoms with Crippen LogP contribution in [-0.2, 0) is 12.7 Å². The molecule has 0 unspecified atom stereocenters. The molecule has 0 amide bonds. The van der Waals surface area contributed by atoms with E-state index in [9.17, 15) is 27.9 Å². The summed E-state index contributed by atoms with van der Waals surface area (Å²) >= 11 is 0. The van der Waals surface area contributed by atoms with Crippen molar-refractivity contribution in [2.45, 2.75) is 19.6 Å². The number of halogens is 4. The minimum atomic E-state index is -5.00. The highest BCUT2D eigenvalue weighted by Gasteiger charge is 2.41. The number of carboxylic acids is 1. The average molecular weight is 493 g/mol. The van der Waals surface area contributed by atoms with Gasteiger partial charge in [0, 0.05) is 38.9 Å².